The molecule has 3 N–H and O–H groups in total. The van der Waals surface area contributed by atoms with Crippen LogP contribution in [0.15, 0.2) is 5.16 Å². The van der Waals surface area contributed by atoms with Gasteiger partial charge in [-0.25, -0.2) is 0 Å². The van der Waals surface area contributed by atoms with E-state index >= 15 is 0 Å². The molecular formula is C11H23N3O2. The predicted molar refractivity (Wildman–Crippen MR) is 63.7 cm³/mol. The van der Waals surface area contributed by atoms with Gasteiger partial charge in [0.05, 0.1) is 6.61 Å². The maximum absolute atomic E-state index is 8.58. The van der Waals surface area contributed by atoms with Crippen molar-refractivity contribution in [3.05, 3.63) is 0 Å². The molecule has 5 heteroatoms. The minimum atomic E-state index is 0.229. The van der Waals surface area contributed by atoms with Crippen molar-refractivity contribution in [1.29, 1.82) is 0 Å². The van der Waals surface area contributed by atoms with Crippen molar-refractivity contribution in [2.24, 2.45) is 16.3 Å². The van der Waals surface area contributed by atoms with E-state index in [-0.39, 0.29) is 5.41 Å². The lowest BCUT2D eigenvalue weighted by molar-refractivity contribution is 0.103. The molecule has 1 unspecified atom stereocenters. The molecule has 0 aromatic carbocycles. The zero-order valence-electron chi connectivity index (χ0n) is 10.4. The lowest BCUT2D eigenvalue weighted by Crippen LogP contribution is -2.38. The molecule has 1 atom stereocenters. The first kappa shape index (κ1) is 13.3. The molecule has 0 saturated heterocycles. The molecule has 1 saturated carbocycles. The molecule has 16 heavy (non-hydrogen) atoms. The number of amidine groups is 1. The van der Waals surface area contributed by atoms with E-state index in [4.69, 9.17) is 15.7 Å². The molecule has 1 fully saturated rings. The fraction of sp³-hybridized carbons (Fsp3) is 0.909. The Morgan fingerprint density at radius 2 is 2.25 bits per heavy atom. The van der Waals surface area contributed by atoms with Crippen LogP contribution < -0.4 is 5.73 Å². The monoisotopic (exact) mass is 229 g/mol. The zero-order chi connectivity index (χ0) is 12.2. The van der Waals surface area contributed by atoms with Gasteiger partial charge in [-0.1, -0.05) is 5.16 Å². The Morgan fingerprint density at radius 1 is 1.62 bits per heavy atom. The lowest BCUT2D eigenvalue weighted by atomic mass is 10.0. The summed E-state index contributed by atoms with van der Waals surface area (Å²) in [6.45, 7) is 3.85. The number of hydrogen-bond acceptors (Lipinski definition) is 4. The Balaban J connectivity index is 2.41. The molecule has 0 bridgehead atoms. The smallest absolute Gasteiger partial charge is 0.139 e. The Kier molecular flexibility index (Phi) is 4.56. The van der Waals surface area contributed by atoms with Crippen molar-refractivity contribution >= 4 is 5.84 Å². The fourth-order valence-electron chi connectivity index (χ4n) is 2.04. The predicted octanol–water partition coefficient (Wildman–Crippen LogP) is 0.870. The van der Waals surface area contributed by atoms with E-state index in [1.165, 1.54) is 0 Å². The van der Waals surface area contributed by atoms with Crippen molar-refractivity contribution in [1.82, 2.24) is 4.90 Å². The van der Waals surface area contributed by atoms with E-state index < -0.39 is 0 Å². The van der Waals surface area contributed by atoms with Gasteiger partial charge in [0, 0.05) is 26.1 Å². The van der Waals surface area contributed by atoms with Gasteiger partial charge < -0.3 is 20.6 Å². The molecule has 0 aromatic rings. The molecule has 1 aliphatic rings. The highest BCUT2D eigenvalue weighted by Crippen LogP contribution is 2.49. The second-order valence-electron chi connectivity index (χ2n) is 4.99. The molecule has 1 rings (SSSR count). The Morgan fingerprint density at radius 3 is 2.69 bits per heavy atom. The largest absolute Gasteiger partial charge is 0.409 e. The van der Waals surface area contributed by atoms with Crippen molar-refractivity contribution < 1.29 is 9.94 Å². The van der Waals surface area contributed by atoms with Crippen LogP contribution in [0.3, 0.4) is 0 Å². The zero-order valence-corrected chi connectivity index (χ0v) is 10.4. The van der Waals surface area contributed by atoms with Gasteiger partial charge in [0.15, 0.2) is 0 Å². The summed E-state index contributed by atoms with van der Waals surface area (Å²) in [5.41, 5.74) is 5.80. The van der Waals surface area contributed by atoms with E-state index in [2.05, 4.69) is 24.0 Å². The molecule has 0 heterocycles. The van der Waals surface area contributed by atoms with Crippen LogP contribution in [0.5, 0.6) is 0 Å². The number of methoxy groups -OCH3 is 1. The first-order chi connectivity index (χ1) is 7.53. The average molecular weight is 229 g/mol. The topological polar surface area (TPSA) is 71.1 Å². The lowest BCUT2D eigenvalue weighted by Gasteiger charge is -2.28. The first-order valence-electron chi connectivity index (χ1n) is 5.68. The van der Waals surface area contributed by atoms with Gasteiger partial charge in [-0.3, -0.25) is 0 Å². The Hall–Kier alpha value is -0.810. The maximum Gasteiger partial charge on any atom is 0.139 e. The molecule has 94 valence electrons. The third-order valence-electron chi connectivity index (χ3n) is 3.39. The van der Waals surface area contributed by atoms with Crippen LogP contribution in [0.1, 0.15) is 26.2 Å². The summed E-state index contributed by atoms with van der Waals surface area (Å²) in [6, 6.07) is 0.398. The second-order valence-corrected chi connectivity index (χ2v) is 4.99. The van der Waals surface area contributed by atoms with Crippen LogP contribution >= 0.6 is 0 Å². The molecule has 0 aromatic heterocycles. The van der Waals surface area contributed by atoms with Gasteiger partial charge >= 0.3 is 0 Å². The molecular weight excluding hydrogens is 206 g/mol. The normalized spacial score (nSPS) is 21.1. The second kappa shape index (κ2) is 5.50. The van der Waals surface area contributed by atoms with Gasteiger partial charge in [0.2, 0.25) is 0 Å². The van der Waals surface area contributed by atoms with Gasteiger partial charge in [0.1, 0.15) is 5.84 Å². The molecule has 0 amide bonds. The highest BCUT2D eigenvalue weighted by molar-refractivity contribution is 5.80. The van der Waals surface area contributed by atoms with Crippen molar-refractivity contribution in [3.8, 4) is 0 Å². The summed E-state index contributed by atoms with van der Waals surface area (Å²) in [5, 5.41) is 11.6. The molecule has 0 aliphatic heterocycles. The van der Waals surface area contributed by atoms with Crippen LogP contribution in [0, 0.1) is 5.41 Å². The molecule has 0 radical (unpaired) electrons. The summed E-state index contributed by atoms with van der Waals surface area (Å²) in [4.78, 5) is 2.28. The van der Waals surface area contributed by atoms with E-state index in [1.54, 1.807) is 7.11 Å². The highest BCUT2D eigenvalue weighted by atomic mass is 16.5. The van der Waals surface area contributed by atoms with Gasteiger partial charge in [-0.2, -0.15) is 0 Å². The number of hydrogen-bond donors (Lipinski definition) is 2. The quantitative estimate of drug-likeness (QED) is 0.294. The highest BCUT2D eigenvalue weighted by Gasteiger charge is 2.44. The summed E-state index contributed by atoms with van der Waals surface area (Å²) < 4.78 is 5.13. The molecule has 0 spiro atoms. The van der Waals surface area contributed by atoms with E-state index in [1.807, 2.05) is 0 Å². The first-order valence-corrected chi connectivity index (χ1v) is 5.68. The van der Waals surface area contributed by atoms with Gasteiger partial charge in [0.25, 0.3) is 0 Å². The van der Waals surface area contributed by atoms with E-state index in [0.717, 1.165) is 26.0 Å². The van der Waals surface area contributed by atoms with Crippen LogP contribution in [-0.2, 0) is 4.74 Å². The van der Waals surface area contributed by atoms with Crippen LogP contribution in [0.4, 0.5) is 0 Å². The third kappa shape index (κ3) is 3.64. The Bertz CT molecular complexity index is 252. The van der Waals surface area contributed by atoms with Crippen molar-refractivity contribution in [3.63, 3.8) is 0 Å². The van der Waals surface area contributed by atoms with Crippen LogP contribution in [0.25, 0.3) is 0 Å². The number of nitrogens with two attached hydrogens (primary N) is 1. The minimum absolute atomic E-state index is 0.229. The van der Waals surface area contributed by atoms with Gasteiger partial charge in [-0.05, 0) is 32.2 Å². The SMILES string of the molecule is COCC(C)N(C)CC1(CC(N)=NO)CC1. The summed E-state index contributed by atoms with van der Waals surface area (Å²) in [7, 11) is 3.81. The minimum Gasteiger partial charge on any atom is -0.409 e. The number of likely N-dealkylation sites (N-methyl/N-ethyl adjacent to an activating group) is 1. The maximum atomic E-state index is 8.58. The van der Waals surface area contributed by atoms with Crippen molar-refractivity contribution in [2.75, 3.05) is 27.3 Å². The third-order valence-corrected chi connectivity index (χ3v) is 3.39. The fourth-order valence-corrected chi connectivity index (χ4v) is 2.04. The number of rotatable bonds is 7. The summed E-state index contributed by atoms with van der Waals surface area (Å²) >= 11 is 0. The van der Waals surface area contributed by atoms with E-state index in [0.29, 0.717) is 18.3 Å². The number of ether oxygens (including phenoxy) is 1. The average Bonchev–Trinajstić information content (AvgIpc) is 2.98. The molecule has 1 aliphatic carbocycles. The number of nitrogens with zero attached hydrogens (tertiary/aromatic N) is 2. The summed E-state index contributed by atoms with van der Waals surface area (Å²) in [6.07, 6.45) is 3.01. The van der Waals surface area contributed by atoms with E-state index in [9.17, 15) is 0 Å². The standard InChI is InChI=1S/C11H23N3O2/c1-9(7-16-3)14(2)8-11(4-5-11)6-10(12)13-15/h9,15H,4-8H2,1-3H3,(H2,12,13). The van der Waals surface area contributed by atoms with Crippen molar-refractivity contribution in [2.45, 2.75) is 32.2 Å². The number of oxime groups is 1. The Labute approximate surface area is 97.2 Å². The summed E-state index contributed by atoms with van der Waals surface area (Å²) in [5.74, 6) is 0.338. The van der Waals surface area contributed by atoms with Gasteiger partial charge in [-0.15, -0.1) is 0 Å². The van der Waals surface area contributed by atoms with Crippen LogP contribution in [-0.4, -0.2) is 49.3 Å². The van der Waals surface area contributed by atoms with Crippen LogP contribution in [0.2, 0.25) is 0 Å². The molecule has 5 nitrogen and oxygen atoms in total.